The summed E-state index contributed by atoms with van der Waals surface area (Å²) in [5.74, 6) is 0. The average molecular weight is 445 g/mol. The molecule has 0 aromatic heterocycles. The van der Waals surface area contributed by atoms with Crippen molar-refractivity contribution in [2.75, 3.05) is 32.1 Å². The first-order valence-corrected chi connectivity index (χ1v) is 10.9. The summed E-state index contributed by atoms with van der Waals surface area (Å²) >= 11 is 7.89. The predicted molar refractivity (Wildman–Crippen MR) is 121 cm³/mol. The van der Waals surface area contributed by atoms with Crippen LogP contribution >= 0.6 is 23.4 Å². The second kappa shape index (κ2) is 9.44. The van der Waals surface area contributed by atoms with E-state index in [-0.39, 0.29) is 12.4 Å². The molecule has 4 rings (SSSR count). The molecule has 0 saturated carbocycles. The number of nitrogens with zero attached hydrogens (tertiary/aromatic N) is 2. The number of hydrogen-bond acceptors (Lipinski definition) is 2. The quantitative estimate of drug-likeness (QED) is 0.534. The highest BCUT2D eigenvalue weighted by atomic mass is 35.5. The number of para-hydroxylation sites is 2. The summed E-state index contributed by atoms with van der Waals surface area (Å²) in [5.41, 5.74) is 3.99. The number of quaternary nitrogens is 1. The van der Waals surface area contributed by atoms with Gasteiger partial charge in [-0.2, -0.15) is 0 Å². The summed E-state index contributed by atoms with van der Waals surface area (Å²) < 4.78 is 0.966. The molecule has 0 radical (unpaired) electrons. The normalized spacial score (nSPS) is 12.7. The van der Waals surface area contributed by atoms with Crippen molar-refractivity contribution in [2.45, 2.75) is 22.8 Å². The molecule has 1 heterocycles. The Labute approximate surface area is 189 Å². The first-order chi connectivity index (χ1) is 13.5. The maximum atomic E-state index is 6.02. The lowest BCUT2D eigenvalue weighted by Gasteiger charge is -2.35. The Morgan fingerprint density at radius 3 is 1.97 bits per heavy atom. The molecule has 0 aliphatic carbocycles. The monoisotopic (exact) mass is 444 g/mol. The van der Waals surface area contributed by atoms with Gasteiger partial charge >= 0.3 is 0 Å². The topological polar surface area (TPSA) is 3.24 Å². The van der Waals surface area contributed by atoms with E-state index >= 15 is 0 Å². The summed E-state index contributed by atoms with van der Waals surface area (Å²) in [4.78, 5) is 5.18. The van der Waals surface area contributed by atoms with E-state index in [0.29, 0.717) is 0 Å². The molecule has 2 nitrogen and oxygen atoms in total. The van der Waals surface area contributed by atoms with Gasteiger partial charge in [0, 0.05) is 33.3 Å². The van der Waals surface area contributed by atoms with Gasteiger partial charge in [-0.05, 0) is 36.4 Å². The highest BCUT2D eigenvalue weighted by Gasteiger charge is 2.23. The van der Waals surface area contributed by atoms with Gasteiger partial charge in [0.15, 0.2) is 0 Å². The summed E-state index contributed by atoms with van der Waals surface area (Å²) in [6.45, 7) is 3.16. The van der Waals surface area contributed by atoms with Crippen LogP contribution < -0.4 is 17.3 Å². The van der Waals surface area contributed by atoms with Crippen LogP contribution in [0.1, 0.15) is 12.0 Å². The highest BCUT2D eigenvalue weighted by Crippen LogP contribution is 2.47. The highest BCUT2D eigenvalue weighted by molar-refractivity contribution is 7.99. The van der Waals surface area contributed by atoms with E-state index in [4.69, 9.17) is 11.6 Å². The molecular formula is C24H26Cl2N2S. The van der Waals surface area contributed by atoms with Gasteiger partial charge in [-0.3, -0.25) is 0 Å². The lowest BCUT2D eigenvalue weighted by molar-refractivity contribution is -0.903. The Hall–Kier alpha value is -1.65. The lowest BCUT2D eigenvalue weighted by atomic mass is 10.1. The molecule has 0 fully saturated rings. The van der Waals surface area contributed by atoms with Crippen LogP contribution in [0, 0.1) is 0 Å². The largest absolute Gasteiger partial charge is 1.00 e. The van der Waals surface area contributed by atoms with Crippen molar-refractivity contribution < 1.29 is 16.9 Å². The van der Waals surface area contributed by atoms with Gasteiger partial charge in [-0.1, -0.05) is 59.8 Å². The Kier molecular flexibility index (Phi) is 7.18. The van der Waals surface area contributed by atoms with E-state index in [1.54, 1.807) is 0 Å². The van der Waals surface area contributed by atoms with E-state index in [0.717, 1.165) is 35.6 Å². The molecule has 0 amide bonds. The van der Waals surface area contributed by atoms with Crippen molar-refractivity contribution in [3.63, 3.8) is 0 Å². The van der Waals surface area contributed by atoms with Gasteiger partial charge in [0.1, 0.15) is 6.54 Å². The summed E-state index contributed by atoms with van der Waals surface area (Å²) in [6, 6.07) is 25.7. The number of halogens is 2. The van der Waals surface area contributed by atoms with Crippen molar-refractivity contribution in [2.24, 2.45) is 0 Å². The second-order valence-electron chi connectivity index (χ2n) is 7.99. The van der Waals surface area contributed by atoms with Crippen LogP contribution in [-0.4, -0.2) is 31.7 Å². The molecule has 29 heavy (non-hydrogen) atoms. The molecule has 152 valence electrons. The van der Waals surface area contributed by atoms with Crippen LogP contribution in [-0.2, 0) is 6.54 Å². The SMILES string of the molecule is C[N+](C)(CCCN1c2ccccc2Sc2ccccc21)Cc1ccc(Cl)cc1.[Cl-]. The standard InChI is InChI=1S/C24H26ClN2S.ClH/c1-27(2,18-19-12-14-20(25)15-13-19)17-7-16-26-21-8-3-5-10-23(21)28-24-11-6-4-9-22(24)26;/h3-6,8-15H,7,16-18H2,1-2H3;1H/q+1;/p-1. The van der Waals surface area contributed by atoms with E-state index in [9.17, 15) is 0 Å². The first-order valence-electron chi connectivity index (χ1n) is 9.72. The maximum Gasteiger partial charge on any atom is 0.104 e. The van der Waals surface area contributed by atoms with Crippen molar-refractivity contribution in [1.29, 1.82) is 0 Å². The van der Waals surface area contributed by atoms with Crippen molar-refractivity contribution in [1.82, 2.24) is 0 Å². The minimum atomic E-state index is 0. The van der Waals surface area contributed by atoms with Gasteiger partial charge in [0.25, 0.3) is 0 Å². The van der Waals surface area contributed by atoms with Crippen LogP contribution in [0.3, 0.4) is 0 Å². The lowest BCUT2D eigenvalue weighted by Crippen LogP contribution is -3.00. The Morgan fingerprint density at radius 2 is 1.38 bits per heavy atom. The van der Waals surface area contributed by atoms with E-state index in [1.807, 2.05) is 23.9 Å². The zero-order valence-electron chi connectivity index (χ0n) is 16.8. The molecular weight excluding hydrogens is 419 g/mol. The first kappa shape index (κ1) is 22.0. The van der Waals surface area contributed by atoms with Crippen molar-refractivity contribution in [3.05, 3.63) is 83.4 Å². The fourth-order valence-corrected chi connectivity index (χ4v) is 5.06. The number of fused-ring (bicyclic) bond motifs is 2. The minimum absolute atomic E-state index is 0. The van der Waals surface area contributed by atoms with Gasteiger partial charge in [-0.25, -0.2) is 0 Å². The van der Waals surface area contributed by atoms with Gasteiger partial charge in [0.05, 0.1) is 32.0 Å². The van der Waals surface area contributed by atoms with Crippen molar-refractivity contribution >= 4 is 34.7 Å². The Morgan fingerprint density at radius 1 is 0.828 bits per heavy atom. The van der Waals surface area contributed by atoms with Crippen LogP contribution in [0.2, 0.25) is 5.02 Å². The van der Waals surface area contributed by atoms with Crippen LogP contribution in [0.25, 0.3) is 0 Å². The molecule has 0 N–H and O–H groups in total. The van der Waals surface area contributed by atoms with Crippen molar-refractivity contribution in [3.8, 4) is 0 Å². The number of rotatable bonds is 6. The number of hydrogen-bond donors (Lipinski definition) is 0. The van der Waals surface area contributed by atoms with Crippen LogP contribution in [0.5, 0.6) is 0 Å². The van der Waals surface area contributed by atoms with Crippen LogP contribution in [0.4, 0.5) is 11.4 Å². The van der Waals surface area contributed by atoms with Crippen LogP contribution in [0.15, 0.2) is 82.6 Å². The number of anilines is 2. The summed E-state index contributed by atoms with van der Waals surface area (Å²) in [7, 11) is 4.62. The van der Waals surface area contributed by atoms with Gasteiger partial charge in [0.2, 0.25) is 0 Å². The molecule has 1 aliphatic heterocycles. The molecule has 3 aromatic rings. The molecule has 3 aromatic carbocycles. The van der Waals surface area contributed by atoms with Gasteiger partial charge in [-0.15, -0.1) is 0 Å². The third-order valence-electron chi connectivity index (χ3n) is 5.20. The Balaban J connectivity index is 0.00000240. The van der Waals surface area contributed by atoms with E-state index in [1.165, 1.54) is 26.7 Å². The number of benzene rings is 3. The third-order valence-corrected chi connectivity index (χ3v) is 6.58. The second-order valence-corrected chi connectivity index (χ2v) is 9.51. The molecule has 0 saturated heterocycles. The predicted octanol–water partition coefficient (Wildman–Crippen LogP) is 3.61. The Bertz CT molecular complexity index is 912. The zero-order chi connectivity index (χ0) is 19.6. The molecule has 0 unspecified atom stereocenters. The zero-order valence-corrected chi connectivity index (χ0v) is 19.1. The van der Waals surface area contributed by atoms with E-state index in [2.05, 4.69) is 79.7 Å². The fourth-order valence-electron chi connectivity index (χ4n) is 3.84. The molecule has 0 atom stereocenters. The summed E-state index contributed by atoms with van der Waals surface area (Å²) in [5, 5.41) is 0.800. The fraction of sp³-hybridized carbons (Fsp3) is 0.250. The van der Waals surface area contributed by atoms with E-state index < -0.39 is 0 Å². The minimum Gasteiger partial charge on any atom is -1.00 e. The summed E-state index contributed by atoms with van der Waals surface area (Å²) in [6.07, 6.45) is 1.13. The molecule has 5 heteroatoms. The molecule has 0 spiro atoms. The molecule has 0 bridgehead atoms. The maximum absolute atomic E-state index is 6.02. The average Bonchev–Trinajstić information content (AvgIpc) is 2.69. The van der Waals surface area contributed by atoms with Gasteiger partial charge < -0.3 is 21.8 Å². The smallest absolute Gasteiger partial charge is 0.104 e. The molecule has 1 aliphatic rings. The third kappa shape index (κ3) is 5.29.